The van der Waals surface area contributed by atoms with Gasteiger partial charge in [-0.2, -0.15) is 0 Å². The molecule has 0 saturated carbocycles. The van der Waals surface area contributed by atoms with Crippen molar-refractivity contribution in [2.45, 2.75) is 32.4 Å². The molecule has 1 atom stereocenters. The predicted molar refractivity (Wildman–Crippen MR) is 107 cm³/mol. The van der Waals surface area contributed by atoms with E-state index in [-0.39, 0.29) is 5.91 Å². The summed E-state index contributed by atoms with van der Waals surface area (Å²) in [7, 11) is 1.66. The maximum Gasteiger partial charge on any atom is 0.258 e. The van der Waals surface area contributed by atoms with Crippen LogP contribution in [0.1, 0.15) is 42.6 Å². The van der Waals surface area contributed by atoms with E-state index in [2.05, 4.69) is 19.2 Å². The molecule has 144 valence electrons. The summed E-state index contributed by atoms with van der Waals surface area (Å²) in [5.41, 5.74) is 2.11. The molecule has 2 aromatic carbocycles. The van der Waals surface area contributed by atoms with Gasteiger partial charge in [-0.25, -0.2) is 0 Å². The zero-order chi connectivity index (χ0) is 19.3. The van der Waals surface area contributed by atoms with Crippen LogP contribution < -0.4 is 10.1 Å². The monoisotopic (exact) mass is 368 g/mol. The SMILES string of the molecule is CCCN1C(=O)c2ccccc2NC1(CC)c1ccc(OCCOC)cc1. The van der Waals surface area contributed by atoms with E-state index in [1.165, 1.54) is 0 Å². The molecule has 1 aliphatic rings. The van der Waals surface area contributed by atoms with E-state index in [1.807, 2.05) is 53.4 Å². The fourth-order valence-corrected chi connectivity index (χ4v) is 3.68. The first kappa shape index (κ1) is 19.2. The van der Waals surface area contributed by atoms with Gasteiger partial charge in [-0.1, -0.05) is 38.1 Å². The molecule has 3 rings (SSSR count). The molecular formula is C22H28N2O3. The van der Waals surface area contributed by atoms with Gasteiger partial charge in [0.15, 0.2) is 0 Å². The minimum Gasteiger partial charge on any atom is -0.491 e. The average molecular weight is 368 g/mol. The first-order valence-corrected chi connectivity index (χ1v) is 9.57. The van der Waals surface area contributed by atoms with Crippen LogP contribution in [0.5, 0.6) is 5.75 Å². The molecule has 0 saturated heterocycles. The molecule has 0 aliphatic carbocycles. The summed E-state index contributed by atoms with van der Waals surface area (Å²) in [4.78, 5) is 15.2. The number of anilines is 1. The van der Waals surface area contributed by atoms with E-state index in [0.717, 1.165) is 35.4 Å². The Kier molecular flexibility index (Phi) is 6.01. The molecule has 5 heteroatoms. The van der Waals surface area contributed by atoms with E-state index < -0.39 is 5.66 Å². The third-order valence-corrected chi connectivity index (χ3v) is 5.05. The van der Waals surface area contributed by atoms with Crippen LogP contribution in [0.2, 0.25) is 0 Å². The molecular weight excluding hydrogens is 340 g/mol. The van der Waals surface area contributed by atoms with Crippen molar-refractivity contribution < 1.29 is 14.3 Å². The van der Waals surface area contributed by atoms with Crippen molar-refractivity contribution in [2.75, 3.05) is 32.2 Å². The van der Waals surface area contributed by atoms with Crippen molar-refractivity contribution in [3.63, 3.8) is 0 Å². The lowest BCUT2D eigenvalue weighted by molar-refractivity contribution is 0.0483. The first-order valence-electron chi connectivity index (χ1n) is 9.57. The van der Waals surface area contributed by atoms with Gasteiger partial charge in [0, 0.05) is 19.3 Å². The summed E-state index contributed by atoms with van der Waals surface area (Å²) in [5.74, 6) is 0.875. The molecule has 1 aliphatic heterocycles. The fraction of sp³-hybridized carbons (Fsp3) is 0.409. The number of hydrogen-bond donors (Lipinski definition) is 1. The first-order chi connectivity index (χ1) is 13.2. The minimum atomic E-state index is -0.563. The second kappa shape index (κ2) is 8.44. The highest BCUT2D eigenvalue weighted by Crippen LogP contribution is 2.40. The number of nitrogens with one attached hydrogen (secondary N) is 1. The van der Waals surface area contributed by atoms with Crippen molar-refractivity contribution in [3.05, 3.63) is 59.7 Å². The fourth-order valence-electron chi connectivity index (χ4n) is 3.68. The number of methoxy groups -OCH3 is 1. The number of hydrogen-bond acceptors (Lipinski definition) is 4. The number of ether oxygens (including phenoxy) is 2. The van der Waals surface area contributed by atoms with Gasteiger partial charge in [0.25, 0.3) is 5.91 Å². The van der Waals surface area contributed by atoms with Crippen molar-refractivity contribution in [1.29, 1.82) is 0 Å². The number of fused-ring (bicyclic) bond motifs is 1. The van der Waals surface area contributed by atoms with Crippen LogP contribution in [0, 0.1) is 0 Å². The summed E-state index contributed by atoms with van der Waals surface area (Å²) >= 11 is 0. The molecule has 27 heavy (non-hydrogen) atoms. The van der Waals surface area contributed by atoms with Gasteiger partial charge in [-0.3, -0.25) is 4.79 Å². The summed E-state index contributed by atoms with van der Waals surface area (Å²) in [5, 5.41) is 3.66. The zero-order valence-electron chi connectivity index (χ0n) is 16.3. The number of nitrogens with zero attached hydrogens (tertiary/aromatic N) is 1. The lowest BCUT2D eigenvalue weighted by atomic mass is 9.89. The number of para-hydroxylation sites is 1. The Morgan fingerprint density at radius 1 is 1.04 bits per heavy atom. The topological polar surface area (TPSA) is 50.8 Å². The van der Waals surface area contributed by atoms with Crippen molar-refractivity contribution in [3.8, 4) is 5.75 Å². The summed E-state index contributed by atoms with van der Waals surface area (Å²) in [6.07, 6.45) is 1.66. The largest absolute Gasteiger partial charge is 0.491 e. The zero-order valence-corrected chi connectivity index (χ0v) is 16.3. The van der Waals surface area contributed by atoms with E-state index in [4.69, 9.17) is 9.47 Å². The van der Waals surface area contributed by atoms with Crippen molar-refractivity contribution >= 4 is 11.6 Å². The molecule has 2 aromatic rings. The van der Waals surface area contributed by atoms with E-state index in [1.54, 1.807) is 7.11 Å². The van der Waals surface area contributed by atoms with E-state index >= 15 is 0 Å². The van der Waals surface area contributed by atoms with E-state index in [9.17, 15) is 4.79 Å². The van der Waals surface area contributed by atoms with Crippen LogP contribution in [-0.2, 0) is 10.4 Å². The third kappa shape index (κ3) is 3.65. The normalized spacial score (nSPS) is 18.8. The maximum absolute atomic E-state index is 13.2. The Hall–Kier alpha value is -2.53. The third-order valence-electron chi connectivity index (χ3n) is 5.05. The molecule has 0 spiro atoms. The summed E-state index contributed by atoms with van der Waals surface area (Å²) in [6, 6.07) is 15.7. The molecule has 1 amide bonds. The van der Waals surface area contributed by atoms with Gasteiger partial charge in [0.05, 0.1) is 12.2 Å². The van der Waals surface area contributed by atoms with Gasteiger partial charge < -0.3 is 19.7 Å². The molecule has 0 aromatic heterocycles. The van der Waals surface area contributed by atoms with Crippen molar-refractivity contribution in [2.24, 2.45) is 0 Å². The average Bonchev–Trinajstić information content (AvgIpc) is 2.71. The van der Waals surface area contributed by atoms with Gasteiger partial charge >= 0.3 is 0 Å². The molecule has 5 nitrogen and oxygen atoms in total. The standard InChI is InChI=1S/C22H28N2O3/c1-4-14-24-21(25)19-8-6-7-9-20(19)23-22(24,5-2)17-10-12-18(13-11-17)27-16-15-26-3/h6-13,23H,4-5,14-16H2,1-3H3. The van der Waals surface area contributed by atoms with Crippen LogP contribution in [-0.4, -0.2) is 37.7 Å². The number of benzene rings is 2. The smallest absolute Gasteiger partial charge is 0.258 e. The lowest BCUT2D eigenvalue weighted by Gasteiger charge is -2.48. The Bertz CT molecular complexity index is 775. The van der Waals surface area contributed by atoms with E-state index in [0.29, 0.717) is 19.8 Å². The van der Waals surface area contributed by atoms with Crippen LogP contribution in [0.15, 0.2) is 48.5 Å². The summed E-state index contributed by atoms with van der Waals surface area (Å²) < 4.78 is 10.7. The minimum absolute atomic E-state index is 0.0773. The van der Waals surface area contributed by atoms with Gasteiger partial charge in [-0.15, -0.1) is 0 Å². The molecule has 0 bridgehead atoms. The second-order valence-corrected chi connectivity index (χ2v) is 6.71. The number of amides is 1. The Morgan fingerprint density at radius 3 is 2.44 bits per heavy atom. The molecule has 1 heterocycles. The second-order valence-electron chi connectivity index (χ2n) is 6.71. The van der Waals surface area contributed by atoms with Crippen LogP contribution in [0.3, 0.4) is 0 Å². The number of rotatable bonds is 8. The Labute approximate surface area is 161 Å². The number of carbonyl (C=O) groups is 1. The van der Waals surface area contributed by atoms with Gasteiger partial charge in [0.1, 0.15) is 18.0 Å². The van der Waals surface area contributed by atoms with Crippen molar-refractivity contribution in [1.82, 2.24) is 4.90 Å². The highest BCUT2D eigenvalue weighted by Gasteiger charge is 2.44. The molecule has 0 radical (unpaired) electrons. The Morgan fingerprint density at radius 2 is 1.78 bits per heavy atom. The number of carbonyl (C=O) groups excluding carboxylic acids is 1. The molecule has 1 unspecified atom stereocenters. The highest BCUT2D eigenvalue weighted by molar-refractivity contribution is 6.02. The maximum atomic E-state index is 13.2. The van der Waals surface area contributed by atoms with Crippen LogP contribution in [0.4, 0.5) is 5.69 Å². The lowest BCUT2D eigenvalue weighted by Crippen LogP contribution is -2.57. The summed E-state index contributed by atoms with van der Waals surface area (Å²) in [6.45, 7) is 5.97. The Balaban J connectivity index is 1.97. The van der Waals surface area contributed by atoms with Crippen LogP contribution in [0.25, 0.3) is 0 Å². The molecule has 0 fully saturated rings. The van der Waals surface area contributed by atoms with Crippen LogP contribution >= 0.6 is 0 Å². The quantitative estimate of drug-likeness (QED) is 0.708. The highest BCUT2D eigenvalue weighted by atomic mass is 16.5. The predicted octanol–water partition coefficient (Wildman–Crippen LogP) is 4.25. The van der Waals surface area contributed by atoms with Gasteiger partial charge in [0.2, 0.25) is 0 Å². The molecule has 1 N–H and O–H groups in total. The van der Waals surface area contributed by atoms with Gasteiger partial charge in [-0.05, 0) is 42.7 Å².